The van der Waals surface area contributed by atoms with Crippen LogP contribution in [0.2, 0.25) is 0 Å². The number of carbonyl (C=O) groups excluding carboxylic acids is 4. The van der Waals surface area contributed by atoms with E-state index in [9.17, 15) is 27.6 Å². The molecule has 56 heavy (non-hydrogen) atoms. The lowest BCUT2D eigenvalue weighted by molar-refractivity contribution is -0.130. The van der Waals surface area contributed by atoms with E-state index in [0.29, 0.717) is 18.5 Å². The third-order valence-corrected chi connectivity index (χ3v) is 11.1. The predicted molar refractivity (Wildman–Crippen MR) is 221 cm³/mol. The third kappa shape index (κ3) is 12.5. The minimum atomic E-state index is -3.93. The number of anilines is 1. The van der Waals surface area contributed by atoms with E-state index < -0.39 is 40.0 Å². The zero-order valence-electron chi connectivity index (χ0n) is 32.9. The van der Waals surface area contributed by atoms with Crippen molar-refractivity contribution in [2.24, 2.45) is 5.92 Å². The Morgan fingerprint density at radius 3 is 1.77 bits per heavy atom. The quantitative estimate of drug-likeness (QED) is 0.0917. The summed E-state index contributed by atoms with van der Waals surface area (Å²) in [4.78, 5) is 53.7. The number of amides is 4. The van der Waals surface area contributed by atoms with Crippen LogP contribution in [0.15, 0.2) is 109 Å². The highest BCUT2D eigenvalue weighted by Crippen LogP contribution is 2.24. The van der Waals surface area contributed by atoms with Crippen molar-refractivity contribution >= 4 is 39.3 Å². The predicted octanol–water partition coefficient (Wildman–Crippen LogP) is 4.74. The Balaban J connectivity index is 1.62. The monoisotopic (exact) mass is 782 g/mol. The highest BCUT2D eigenvalue weighted by atomic mass is 32.2. The van der Waals surface area contributed by atoms with E-state index in [1.807, 2.05) is 88.4 Å². The van der Waals surface area contributed by atoms with Gasteiger partial charge in [0.15, 0.2) is 0 Å². The molecule has 4 atom stereocenters. The summed E-state index contributed by atoms with van der Waals surface area (Å²) in [5, 5.41) is 14.8. The van der Waals surface area contributed by atoms with Crippen LogP contribution >= 0.6 is 0 Å². The fourth-order valence-electron chi connectivity index (χ4n) is 6.05. The molecule has 0 aromatic heterocycles. The number of carbonyl (C=O) groups is 4. The van der Waals surface area contributed by atoms with Crippen molar-refractivity contribution in [2.45, 2.75) is 71.0 Å². The fourth-order valence-corrected chi connectivity index (χ4v) is 7.29. The van der Waals surface area contributed by atoms with Crippen LogP contribution in [-0.2, 0) is 31.8 Å². The lowest BCUT2D eigenvalue weighted by Gasteiger charge is -2.26. The second-order valence-electron chi connectivity index (χ2n) is 14.2. The Hall–Kier alpha value is -5.53. The molecular formula is C43H54N6O6S. The maximum Gasteiger partial charge on any atom is 0.251 e. The first-order chi connectivity index (χ1) is 26.7. The molecule has 0 aliphatic heterocycles. The van der Waals surface area contributed by atoms with Gasteiger partial charge in [-0.25, -0.2) is 8.42 Å². The van der Waals surface area contributed by atoms with Crippen molar-refractivity contribution in [3.05, 3.63) is 137 Å². The summed E-state index contributed by atoms with van der Waals surface area (Å²) in [6.07, 6.45) is 0.397. The molecule has 0 saturated heterocycles. The van der Waals surface area contributed by atoms with Crippen molar-refractivity contribution in [1.29, 1.82) is 0 Å². The van der Waals surface area contributed by atoms with E-state index in [-0.39, 0.29) is 52.9 Å². The summed E-state index contributed by atoms with van der Waals surface area (Å²) in [7, 11) is -2.54. The summed E-state index contributed by atoms with van der Waals surface area (Å²) in [5.74, 6) is -2.08. The number of likely N-dealkylation sites (N-methyl/N-ethyl adjacent to an activating group) is 1. The summed E-state index contributed by atoms with van der Waals surface area (Å²) in [5.41, 5.74) is 2.72. The van der Waals surface area contributed by atoms with Crippen LogP contribution in [0.3, 0.4) is 0 Å². The molecule has 13 heteroatoms. The van der Waals surface area contributed by atoms with Crippen molar-refractivity contribution in [3.8, 4) is 0 Å². The molecule has 0 radical (unpaired) electrons. The zero-order valence-corrected chi connectivity index (χ0v) is 33.7. The lowest BCUT2D eigenvalue weighted by atomic mass is 10.0. The normalized spacial score (nSPS) is 13.5. The largest absolute Gasteiger partial charge is 0.355 e. The van der Waals surface area contributed by atoms with Crippen LogP contribution in [0.4, 0.5) is 5.69 Å². The SMILES string of the molecule is CCNC(=O)[C@@H](NC(=O)[C@H](C)NC[C@H](Cc1ccccc1)NC(=O)c1cc(C(=O)N[C@H](C)c2ccccc2)cc(N(C)S(=O)(=O)Cc2ccccc2)c1)C(C)C. The minimum Gasteiger partial charge on any atom is -0.355 e. The van der Waals surface area contributed by atoms with Crippen molar-refractivity contribution in [3.63, 3.8) is 0 Å². The summed E-state index contributed by atoms with van der Waals surface area (Å²) in [6.45, 7) is 9.66. The van der Waals surface area contributed by atoms with Crippen LogP contribution in [0.1, 0.15) is 78.1 Å². The number of sulfonamides is 1. The summed E-state index contributed by atoms with van der Waals surface area (Å²) in [6, 6.07) is 29.7. The molecule has 4 rings (SSSR count). The van der Waals surface area contributed by atoms with E-state index in [4.69, 9.17) is 0 Å². The number of nitrogens with one attached hydrogen (secondary N) is 5. The first-order valence-corrected chi connectivity index (χ1v) is 20.5. The second-order valence-corrected chi connectivity index (χ2v) is 16.2. The van der Waals surface area contributed by atoms with Gasteiger partial charge in [-0.1, -0.05) is 105 Å². The third-order valence-electron chi connectivity index (χ3n) is 9.38. The van der Waals surface area contributed by atoms with E-state index in [1.54, 1.807) is 37.3 Å². The molecule has 0 saturated carbocycles. The highest BCUT2D eigenvalue weighted by Gasteiger charge is 2.27. The maximum absolute atomic E-state index is 14.2. The van der Waals surface area contributed by atoms with Crippen LogP contribution in [0.25, 0.3) is 0 Å². The molecule has 298 valence electrons. The van der Waals surface area contributed by atoms with Gasteiger partial charge in [0.1, 0.15) is 6.04 Å². The number of hydrogen-bond acceptors (Lipinski definition) is 7. The molecule has 4 aromatic rings. The minimum absolute atomic E-state index is 0.0762. The Labute approximate surface area is 330 Å². The Morgan fingerprint density at radius 2 is 1.21 bits per heavy atom. The van der Waals surface area contributed by atoms with E-state index in [2.05, 4.69) is 26.6 Å². The fraction of sp³-hybridized carbons (Fsp3) is 0.349. The average molecular weight is 783 g/mol. The van der Waals surface area contributed by atoms with E-state index >= 15 is 0 Å². The van der Waals surface area contributed by atoms with Gasteiger partial charge in [-0.05, 0) is 68.0 Å². The van der Waals surface area contributed by atoms with Gasteiger partial charge >= 0.3 is 0 Å². The Kier molecular flexibility index (Phi) is 15.7. The molecule has 0 bridgehead atoms. The molecule has 0 unspecified atom stereocenters. The van der Waals surface area contributed by atoms with Crippen molar-refractivity contribution in [2.75, 3.05) is 24.4 Å². The number of benzene rings is 4. The molecular weight excluding hydrogens is 729 g/mol. The van der Waals surface area contributed by atoms with E-state index in [0.717, 1.165) is 15.4 Å². The van der Waals surface area contributed by atoms with Gasteiger partial charge in [-0.15, -0.1) is 0 Å². The smallest absolute Gasteiger partial charge is 0.251 e. The molecule has 4 amide bonds. The number of rotatable bonds is 19. The van der Waals surface area contributed by atoms with Gasteiger partial charge in [-0.2, -0.15) is 0 Å². The molecule has 0 fully saturated rings. The number of hydrogen-bond donors (Lipinski definition) is 5. The van der Waals surface area contributed by atoms with Crippen LogP contribution < -0.4 is 30.9 Å². The standard InChI is InChI=1S/C43H54N6O6S/c1-7-44-43(53)39(29(2)3)48-40(50)31(5)45-27-37(23-32-17-11-8-12-18-32)47-42(52)36-24-35(41(51)46-30(4)34-21-15-10-16-22-34)25-38(26-36)49(6)56(54,55)28-33-19-13-9-14-20-33/h8-22,24-26,29-31,37,39,45H,7,23,27-28H2,1-6H3,(H,44,53)(H,46,51)(H,47,52)(H,48,50)/t30-,31+,37+,39+/m1/s1. The summed E-state index contributed by atoms with van der Waals surface area (Å²) >= 11 is 0. The second kappa shape index (κ2) is 20.4. The Morgan fingerprint density at radius 1 is 0.679 bits per heavy atom. The van der Waals surface area contributed by atoms with Gasteiger partial charge in [0.2, 0.25) is 21.8 Å². The highest BCUT2D eigenvalue weighted by molar-refractivity contribution is 7.92. The van der Waals surface area contributed by atoms with Gasteiger partial charge in [-0.3, -0.25) is 23.5 Å². The van der Waals surface area contributed by atoms with Crippen LogP contribution in [0.5, 0.6) is 0 Å². The maximum atomic E-state index is 14.2. The average Bonchev–Trinajstić information content (AvgIpc) is 3.19. The van der Waals surface area contributed by atoms with Gasteiger partial charge < -0.3 is 26.6 Å². The molecule has 0 spiro atoms. The molecule has 12 nitrogen and oxygen atoms in total. The topological polar surface area (TPSA) is 166 Å². The molecule has 0 aliphatic rings. The first kappa shape index (κ1) is 43.2. The van der Waals surface area contributed by atoms with E-state index in [1.165, 1.54) is 25.2 Å². The molecule has 0 heterocycles. The van der Waals surface area contributed by atoms with Crippen molar-refractivity contribution < 1.29 is 27.6 Å². The Bertz CT molecular complexity index is 2030. The lowest BCUT2D eigenvalue weighted by Crippen LogP contribution is -2.55. The van der Waals surface area contributed by atoms with Gasteiger partial charge in [0, 0.05) is 37.3 Å². The van der Waals surface area contributed by atoms with Crippen LogP contribution in [0, 0.1) is 5.92 Å². The van der Waals surface area contributed by atoms with Crippen molar-refractivity contribution in [1.82, 2.24) is 26.6 Å². The molecule has 5 N–H and O–H groups in total. The molecule has 0 aliphatic carbocycles. The van der Waals surface area contributed by atoms with Gasteiger partial charge in [0.25, 0.3) is 11.8 Å². The zero-order chi connectivity index (χ0) is 40.8. The number of nitrogens with zero attached hydrogens (tertiary/aromatic N) is 1. The summed E-state index contributed by atoms with van der Waals surface area (Å²) < 4.78 is 28.4. The first-order valence-electron chi connectivity index (χ1n) is 18.9. The van der Waals surface area contributed by atoms with Crippen LogP contribution in [-0.4, -0.2) is 70.3 Å². The molecule has 4 aromatic carbocycles. The van der Waals surface area contributed by atoms with Gasteiger partial charge in [0.05, 0.1) is 23.5 Å².